The lowest BCUT2D eigenvalue weighted by Gasteiger charge is -1.90. The zero-order valence-corrected chi connectivity index (χ0v) is 12.1. The van der Waals surface area contributed by atoms with E-state index in [9.17, 15) is 0 Å². The normalized spacial score (nSPS) is 10.8. The van der Waals surface area contributed by atoms with E-state index in [1.807, 2.05) is 30.3 Å². The maximum absolute atomic E-state index is 5.20. The standard InChI is InChI=1S/C11H6Br2N4O/c12-7-8(15-16-9(7)13)11-14-10(17-18-11)6-4-2-1-3-5-6/h1-5H,(H,15,16). The van der Waals surface area contributed by atoms with E-state index < -0.39 is 0 Å². The summed E-state index contributed by atoms with van der Waals surface area (Å²) in [6, 6.07) is 9.62. The first-order valence-electron chi connectivity index (χ1n) is 5.04. The molecule has 0 aliphatic heterocycles. The van der Waals surface area contributed by atoms with Gasteiger partial charge in [-0.25, -0.2) is 0 Å². The third-order valence-corrected chi connectivity index (χ3v) is 4.21. The number of hydrogen-bond donors (Lipinski definition) is 1. The topological polar surface area (TPSA) is 67.6 Å². The molecule has 0 fully saturated rings. The minimum Gasteiger partial charge on any atom is -0.332 e. The lowest BCUT2D eigenvalue weighted by molar-refractivity contribution is 0.430. The van der Waals surface area contributed by atoms with E-state index in [1.165, 1.54) is 0 Å². The second-order valence-electron chi connectivity index (χ2n) is 3.49. The third kappa shape index (κ3) is 1.99. The molecule has 90 valence electrons. The van der Waals surface area contributed by atoms with E-state index in [0.29, 0.717) is 17.4 Å². The Morgan fingerprint density at radius 3 is 2.56 bits per heavy atom. The molecule has 0 bridgehead atoms. The molecule has 3 aromatic rings. The summed E-state index contributed by atoms with van der Waals surface area (Å²) in [7, 11) is 0. The largest absolute Gasteiger partial charge is 0.332 e. The Morgan fingerprint density at radius 1 is 1.11 bits per heavy atom. The molecule has 0 amide bonds. The molecule has 2 aromatic heterocycles. The van der Waals surface area contributed by atoms with Crippen LogP contribution in [0.15, 0.2) is 43.9 Å². The number of nitrogens with one attached hydrogen (secondary N) is 1. The second kappa shape index (κ2) is 4.66. The van der Waals surface area contributed by atoms with Crippen LogP contribution >= 0.6 is 31.9 Å². The van der Waals surface area contributed by atoms with Gasteiger partial charge in [0.25, 0.3) is 5.89 Å². The molecule has 18 heavy (non-hydrogen) atoms. The van der Waals surface area contributed by atoms with Crippen molar-refractivity contribution in [1.29, 1.82) is 0 Å². The zero-order chi connectivity index (χ0) is 12.5. The fraction of sp³-hybridized carbons (Fsp3) is 0. The second-order valence-corrected chi connectivity index (χ2v) is 5.08. The van der Waals surface area contributed by atoms with Crippen LogP contribution in [0.3, 0.4) is 0 Å². The van der Waals surface area contributed by atoms with E-state index in [1.54, 1.807) is 0 Å². The molecule has 0 spiro atoms. The highest BCUT2D eigenvalue weighted by Gasteiger charge is 2.17. The molecule has 0 atom stereocenters. The van der Waals surface area contributed by atoms with Gasteiger partial charge in [0.1, 0.15) is 4.60 Å². The number of hydrogen-bond acceptors (Lipinski definition) is 4. The zero-order valence-electron chi connectivity index (χ0n) is 8.89. The van der Waals surface area contributed by atoms with Gasteiger partial charge < -0.3 is 4.52 Å². The smallest absolute Gasteiger partial charge is 0.279 e. The molecule has 5 nitrogen and oxygen atoms in total. The Morgan fingerprint density at radius 2 is 1.89 bits per heavy atom. The average molecular weight is 370 g/mol. The van der Waals surface area contributed by atoms with Crippen LogP contribution in [0.25, 0.3) is 23.0 Å². The predicted molar refractivity (Wildman–Crippen MR) is 72.7 cm³/mol. The van der Waals surface area contributed by atoms with Gasteiger partial charge in [-0.2, -0.15) is 10.1 Å². The summed E-state index contributed by atoms with van der Waals surface area (Å²) in [5.74, 6) is 0.902. The molecule has 0 saturated carbocycles. The summed E-state index contributed by atoms with van der Waals surface area (Å²) < 4.78 is 6.69. The molecule has 0 aliphatic carbocycles. The van der Waals surface area contributed by atoms with Crippen LogP contribution in [-0.2, 0) is 0 Å². The molecule has 1 N–H and O–H groups in total. The number of aromatic amines is 1. The van der Waals surface area contributed by atoms with Crippen LogP contribution in [-0.4, -0.2) is 20.3 Å². The lowest BCUT2D eigenvalue weighted by atomic mass is 10.2. The maximum atomic E-state index is 5.20. The average Bonchev–Trinajstić information content (AvgIpc) is 3.00. The van der Waals surface area contributed by atoms with Gasteiger partial charge in [-0.3, -0.25) is 5.10 Å². The molecule has 3 rings (SSSR count). The van der Waals surface area contributed by atoms with Crippen LogP contribution in [0.1, 0.15) is 0 Å². The van der Waals surface area contributed by atoms with Crippen LogP contribution in [0.5, 0.6) is 0 Å². The van der Waals surface area contributed by atoms with Gasteiger partial charge in [0.05, 0.1) is 4.47 Å². The van der Waals surface area contributed by atoms with Gasteiger partial charge in [0.15, 0.2) is 5.69 Å². The monoisotopic (exact) mass is 368 g/mol. The fourth-order valence-corrected chi connectivity index (χ4v) is 2.10. The minimum atomic E-state index is 0.364. The van der Waals surface area contributed by atoms with E-state index in [4.69, 9.17) is 4.52 Å². The third-order valence-electron chi connectivity index (χ3n) is 2.33. The molecular formula is C11H6Br2N4O. The molecule has 0 aliphatic rings. The predicted octanol–water partition coefficient (Wildman–Crippen LogP) is 3.65. The highest BCUT2D eigenvalue weighted by atomic mass is 79.9. The number of benzene rings is 1. The number of halogens is 2. The van der Waals surface area contributed by atoms with Crippen LogP contribution in [0.2, 0.25) is 0 Å². The number of H-pyrrole nitrogens is 1. The molecule has 7 heteroatoms. The Labute approximate surface area is 119 Å². The van der Waals surface area contributed by atoms with E-state index in [2.05, 4.69) is 52.2 Å². The molecule has 0 unspecified atom stereocenters. The molecule has 0 radical (unpaired) electrons. The van der Waals surface area contributed by atoms with Gasteiger partial charge in [-0.15, -0.1) is 0 Å². The molecule has 2 heterocycles. The van der Waals surface area contributed by atoms with Crippen molar-refractivity contribution in [2.45, 2.75) is 0 Å². The summed E-state index contributed by atoms with van der Waals surface area (Å²) in [5, 5.41) is 10.8. The molecule has 0 saturated heterocycles. The van der Waals surface area contributed by atoms with Crippen LogP contribution < -0.4 is 0 Å². The van der Waals surface area contributed by atoms with E-state index in [0.717, 1.165) is 14.6 Å². The van der Waals surface area contributed by atoms with Crippen molar-refractivity contribution in [3.8, 4) is 23.0 Å². The maximum Gasteiger partial charge on any atom is 0.279 e. The van der Waals surface area contributed by atoms with Gasteiger partial charge >= 0.3 is 0 Å². The first-order chi connectivity index (χ1) is 8.75. The van der Waals surface area contributed by atoms with Gasteiger partial charge in [0, 0.05) is 5.56 Å². The Bertz CT molecular complexity index is 677. The van der Waals surface area contributed by atoms with E-state index >= 15 is 0 Å². The molecule has 1 aromatic carbocycles. The summed E-state index contributed by atoms with van der Waals surface area (Å²) >= 11 is 6.69. The highest BCUT2D eigenvalue weighted by molar-refractivity contribution is 9.13. The Kier molecular flexibility index (Phi) is 3.00. The molecular weight excluding hydrogens is 364 g/mol. The fourth-order valence-electron chi connectivity index (χ4n) is 1.47. The van der Waals surface area contributed by atoms with Crippen molar-refractivity contribution >= 4 is 31.9 Å². The van der Waals surface area contributed by atoms with Crippen molar-refractivity contribution in [2.75, 3.05) is 0 Å². The van der Waals surface area contributed by atoms with Crippen molar-refractivity contribution in [3.05, 3.63) is 39.4 Å². The van der Waals surface area contributed by atoms with Crippen LogP contribution in [0, 0.1) is 0 Å². The van der Waals surface area contributed by atoms with Crippen molar-refractivity contribution in [2.24, 2.45) is 0 Å². The van der Waals surface area contributed by atoms with Crippen molar-refractivity contribution in [3.63, 3.8) is 0 Å². The Balaban J connectivity index is 2.02. The SMILES string of the molecule is Brc1[nH]nc(-c2nc(-c3ccccc3)no2)c1Br. The number of aromatic nitrogens is 4. The van der Waals surface area contributed by atoms with Gasteiger partial charge in [-0.1, -0.05) is 35.5 Å². The lowest BCUT2D eigenvalue weighted by Crippen LogP contribution is -1.81. The van der Waals surface area contributed by atoms with E-state index in [-0.39, 0.29) is 0 Å². The quantitative estimate of drug-likeness (QED) is 0.748. The summed E-state index contributed by atoms with van der Waals surface area (Å²) in [6.45, 7) is 0. The first kappa shape index (κ1) is 11.6. The van der Waals surface area contributed by atoms with Gasteiger partial charge in [-0.05, 0) is 31.9 Å². The highest BCUT2D eigenvalue weighted by Crippen LogP contribution is 2.31. The van der Waals surface area contributed by atoms with Crippen LogP contribution in [0.4, 0.5) is 0 Å². The van der Waals surface area contributed by atoms with Gasteiger partial charge in [0.2, 0.25) is 5.82 Å². The first-order valence-corrected chi connectivity index (χ1v) is 6.63. The minimum absolute atomic E-state index is 0.364. The summed E-state index contributed by atoms with van der Waals surface area (Å²) in [4.78, 5) is 4.31. The Hall–Kier alpha value is -1.47. The number of rotatable bonds is 2. The van der Waals surface area contributed by atoms with Crippen molar-refractivity contribution < 1.29 is 4.52 Å². The van der Waals surface area contributed by atoms with Crippen molar-refractivity contribution in [1.82, 2.24) is 20.3 Å². The summed E-state index contributed by atoms with van der Waals surface area (Å²) in [6.07, 6.45) is 0. The summed E-state index contributed by atoms with van der Waals surface area (Å²) in [5.41, 5.74) is 1.48. The number of nitrogens with zero attached hydrogens (tertiary/aromatic N) is 3.